The highest BCUT2D eigenvalue weighted by Crippen LogP contribution is 1.94. The zero-order valence-corrected chi connectivity index (χ0v) is 8.85. The fourth-order valence-corrected chi connectivity index (χ4v) is 1.16. The van der Waals surface area contributed by atoms with E-state index < -0.39 is 0 Å². The molecule has 1 N–H and O–H groups in total. The second-order valence-corrected chi connectivity index (χ2v) is 3.24. The molecule has 2 heteroatoms. The summed E-state index contributed by atoms with van der Waals surface area (Å²) in [6.45, 7) is 9.68. The third-order valence-electron chi connectivity index (χ3n) is 1.67. The zero-order chi connectivity index (χ0) is 9.40. The summed E-state index contributed by atoms with van der Waals surface area (Å²) >= 11 is 0. The molecule has 0 bridgehead atoms. The summed E-state index contributed by atoms with van der Waals surface area (Å²) in [5, 5.41) is 3.30. The van der Waals surface area contributed by atoms with Crippen molar-refractivity contribution in [2.45, 2.75) is 27.2 Å². The maximum Gasteiger partial charge on any atom is 0.0179 e. The Bertz CT molecular complexity index is 130. The van der Waals surface area contributed by atoms with E-state index in [1.165, 1.54) is 12.0 Å². The van der Waals surface area contributed by atoms with E-state index in [4.69, 9.17) is 0 Å². The Morgan fingerprint density at radius 1 is 1.42 bits per heavy atom. The van der Waals surface area contributed by atoms with Crippen LogP contribution in [0.5, 0.6) is 0 Å². The molecule has 0 heterocycles. The first-order valence-electron chi connectivity index (χ1n) is 4.79. The summed E-state index contributed by atoms with van der Waals surface area (Å²) in [5.74, 6) is 0. The first-order valence-corrected chi connectivity index (χ1v) is 4.79. The third kappa shape index (κ3) is 6.23. The van der Waals surface area contributed by atoms with E-state index >= 15 is 0 Å². The lowest BCUT2D eigenvalue weighted by Gasteiger charge is -2.14. The maximum atomic E-state index is 3.30. The van der Waals surface area contributed by atoms with Gasteiger partial charge in [-0.15, -0.1) is 0 Å². The molecule has 0 atom stereocenters. The largest absolute Gasteiger partial charge is 0.380 e. The molecule has 0 radical (unpaired) electrons. The van der Waals surface area contributed by atoms with Crippen LogP contribution in [0.25, 0.3) is 0 Å². The van der Waals surface area contributed by atoms with Crippen LogP contribution < -0.4 is 5.32 Å². The molecule has 0 aromatic rings. The van der Waals surface area contributed by atoms with Crippen molar-refractivity contribution in [2.24, 2.45) is 0 Å². The minimum Gasteiger partial charge on any atom is -0.380 e. The minimum atomic E-state index is 1.00. The molecule has 0 amide bonds. The van der Waals surface area contributed by atoms with Gasteiger partial charge in [0.2, 0.25) is 0 Å². The van der Waals surface area contributed by atoms with E-state index in [9.17, 15) is 0 Å². The summed E-state index contributed by atoms with van der Waals surface area (Å²) in [4.78, 5) is 2.24. The van der Waals surface area contributed by atoms with Gasteiger partial charge in [0, 0.05) is 20.1 Å². The van der Waals surface area contributed by atoms with Crippen LogP contribution in [0.3, 0.4) is 0 Å². The summed E-state index contributed by atoms with van der Waals surface area (Å²) in [6.07, 6.45) is 3.42. The Labute approximate surface area is 76.6 Å². The second-order valence-electron chi connectivity index (χ2n) is 3.24. The molecule has 0 aromatic carbocycles. The monoisotopic (exact) mass is 170 g/mol. The number of nitrogens with zero attached hydrogens (tertiary/aromatic N) is 1. The fourth-order valence-electron chi connectivity index (χ4n) is 1.16. The van der Waals surface area contributed by atoms with Crippen molar-refractivity contribution in [1.82, 2.24) is 10.2 Å². The van der Waals surface area contributed by atoms with Gasteiger partial charge in [0.15, 0.2) is 0 Å². The topological polar surface area (TPSA) is 15.3 Å². The molecule has 12 heavy (non-hydrogen) atoms. The lowest BCUT2D eigenvalue weighted by molar-refractivity contribution is 0.449. The van der Waals surface area contributed by atoms with Gasteiger partial charge >= 0.3 is 0 Å². The van der Waals surface area contributed by atoms with E-state index in [2.05, 4.69) is 44.2 Å². The Kier molecular flexibility index (Phi) is 6.87. The van der Waals surface area contributed by atoms with Crippen LogP contribution in [-0.4, -0.2) is 31.6 Å². The van der Waals surface area contributed by atoms with Crippen molar-refractivity contribution in [3.8, 4) is 0 Å². The molecular weight excluding hydrogens is 148 g/mol. The number of likely N-dealkylation sites (N-methyl/N-ethyl adjacent to an activating group) is 1. The summed E-state index contributed by atoms with van der Waals surface area (Å²) < 4.78 is 0. The van der Waals surface area contributed by atoms with Crippen molar-refractivity contribution in [2.75, 3.05) is 26.7 Å². The molecule has 0 spiro atoms. The van der Waals surface area contributed by atoms with Gasteiger partial charge in [0.25, 0.3) is 0 Å². The first-order chi connectivity index (χ1) is 5.70. The highest BCUT2D eigenvalue weighted by molar-refractivity contribution is 4.98. The van der Waals surface area contributed by atoms with Crippen LogP contribution in [-0.2, 0) is 0 Å². The normalized spacial score (nSPS) is 11.8. The molecule has 0 rings (SSSR count). The Hall–Kier alpha value is -0.500. The second kappa shape index (κ2) is 7.17. The van der Waals surface area contributed by atoms with Crippen LogP contribution in [0.4, 0.5) is 0 Å². The lowest BCUT2D eigenvalue weighted by Crippen LogP contribution is -2.18. The van der Waals surface area contributed by atoms with Gasteiger partial charge < -0.3 is 10.2 Å². The van der Waals surface area contributed by atoms with E-state index in [0.29, 0.717) is 0 Å². The number of nitrogens with one attached hydrogen (secondary N) is 1. The maximum absolute atomic E-state index is 3.30. The van der Waals surface area contributed by atoms with E-state index in [1.807, 2.05) is 0 Å². The standard InChI is InChI=1S/C10H22N2/c1-5-7-12(4)9-10(3)8-11-6-2/h9,11H,5-8H2,1-4H3. The molecule has 0 aliphatic rings. The number of hydrogen-bond donors (Lipinski definition) is 1. The highest BCUT2D eigenvalue weighted by Gasteiger charge is 1.91. The SMILES string of the molecule is CCCN(C)C=C(C)CNCC. The Balaban J connectivity index is 3.64. The molecule has 0 fully saturated rings. The van der Waals surface area contributed by atoms with Crippen molar-refractivity contribution in [3.05, 3.63) is 11.8 Å². The molecule has 0 saturated heterocycles. The van der Waals surface area contributed by atoms with E-state index in [1.54, 1.807) is 0 Å². The first kappa shape index (κ1) is 11.5. The van der Waals surface area contributed by atoms with Crippen LogP contribution in [0.15, 0.2) is 11.8 Å². The molecule has 0 aliphatic heterocycles. The van der Waals surface area contributed by atoms with E-state index in [0.717, 1.165) is 19.6 Å². The van der Waals surface area contributed by atoms with Gasteiger partial charge in [-0.25, -0.2) is 0 Å². The minimum absolute atomic E-state index is 1.00. The smallest absolute Gasteiger partial charge is 0.0179 e. The summed E-state index contributed by atoms with van der Waals surface area (Å²) in [6, 6.07) is 0. The molecule has 0 unspecified atom stereocenters. The Morgan fingerprint density at radius 3 is 2.58 bits per heavy atom. The lowest BCUT2D eigenvalue weighted by atomic mass is 10.3. The van der Waals surface area contributed by atoms with Crippen molar-refractivity contribution < 1.29 is 0 Å². The fraction of sp³-hybridized carbons (Fsp3) is 0.800. The van der Waals surface area contributed by atoms with Crippen molar-refractivity contribution >= 4 is 0 Å². The summed E-state index contributed by atoms with van der Waals surface area (Å²) in [5.41, 5.74) is 1.40. The number of rotatable bonds is 6. The molecule has 0 saturated carbocycles. The predicted molar refractivity (Wildman–Crippen MR) is 55.2 cm³/mol. The zero-order valence-electron chi connectivity index (χ0n) is 8.85. The average Bonchev–Trinajstić information content (AvgIpc) is 2.01. The molecular formula is C10H22N2. The highest BCUT2D eigenvalue weighted by atomic mass is 15.1. The van der Waals surface area contributed by atoms with Gasteiger partial charge in [0.1, 0.15) is 0 Å². The van der Waals surface area contributed by atoms with Crippen molar-refractivity contribution in [3.63, 3.8) is 0 Å². The summed E-state index contributed by atoms with van der Waals surface area (Å²) in [7, 11) is 2.12. The van der Waals surface area contributed by atoms with E-state index in [-0.39, 0.29) is 0 Å². The van der Waals surface area contributed by atoms with Crippen LogP contribution in [0, 0.1) is 0 Å². The van der Waals surface area contributed by atoms with Crippen LogP contribution in [0.1, 0.15) is 27.2 Å². The quantitative estimate of drug-likeness (QED) is 0.654. The van der Waals surface area contributed by atoms with Crippen molar-refractivity contribution in [1.29, 1.82) is 0 Å². The van der Waals surface area contributed by atoms with Gasteiger partial charge in [-0.05, 0) is 31.7 Å². The van der Waals surface area contributed by atoms with Gasteiger partial charge in [-0.2, -0.15) is 0 Å². The Morgan fingerprint density at radius 2 is 2.08 bits per heavy atom. The predicted octanol–water partition coefficient (Wildman–Crippen LogP) is 1.84. The molecule has 72 valence electrons. The number of hydrogen-bond acceptors (Lipinski definition) is 2. The van der Waals surface area contributed by atoms with Gasteiger partial charge in [-0.3, -0.25) is 0 Å². The molecule has 0 aliphatic carbocycles. The average molecular weight is 170 g/mol. The van der Waals surface area contributed by atoms with Crippen LogP contribution in [0.2, 0.25) is 0 Å². The van der Waals surface area contributed by atoms with Gasteiger partial charge in [0.05, 0.1) is 0 Å². The molecule has 0 aromatic heterocycles. The molecule has 2 nitrogen and oxygen atoms in total. The third-order valence-corrected chi connectivity index (χ3v) is 1.67. The van der Waals surface area contributed by atoms with Crippen LogP contribution >= 0.6 is 0 Å². The van der Waals surface area contributed by atoms with Gasteiger partial charge in [-0.1, -0.05) is 13.8 Å².